The number of benzene rings is 1. The van der Waals surface area contributed by atoms with E-state index in [4.69, 9.17) is 10.8 Å². The van der Waals surface area contributed by atoms with Crippen molar-refractivity contribution in [2.45, 2.75) is 19.1 Å². The highest BCUT2D eigenvalue weighted by molar-refractivity contribution is 5.96. The lowest BCUT2D eigenvalue weighted by Crippen LogP contribution is -2.37. The second kappa shape index (κ2) is 6.64. The SMILES string of the molecule is NC(CC(=O)O)C(=O)Nc1cccc(OC(F)F)c1. The predicted molar refractivity (Wildman–Crippen MR) is 61.9 cm³/mol. The minimum atomic E-state index is -2.97. The van der Waals surface area contributed by atoms with Crippen molar-refractivity contribution in [2.24, 2.45) is 5.73 Å². The molecule has 1 rings (SSSR count). The number of carboxylic acid groups (broad SMARTS) is 1. The number of hydrogen-bond acceptors (Lipinski definition) is 4. The van der Waals surface area contributed by atoms with Crippen molar-refractivity contribution < 1.29 is 28.2 Å². The third-order valence-corrected chi connectivity index (χ3v) is 2.06. The summed E-state index contributed by atoms with van der Waals surface area (Å²) in [5.74, 6) is -2.06. The molecule has 1 aromatic rings. The molecule has 1 aromatic carbocycles. The van der Waals surface area contributed by atoms with Crippen LogP contribution < -0.4 is 15.8 Å². The van der Waals surface area contributed by atoms with Crippen LogP contribution in [0.1, 0.15) is 6.42 Å². The Morgan fingerprint density at radius 2 is 2.11 bits per heavy atom. The van der Waals surface area contributed by atoms with Gasteiger partial charge in [0.1, 0.15) is 5.75 Å². The molecule has 6 nitrogen and oxygen atoms in total. The lowest BCUT2D eigenvalue weighted by Gasteiger charge is -2.11. The summed E-state index contributed by atoms with van der Waals surface area (Å²) >= 11 is 0. The Balaban J connectivity index is 2.66. The van der Waals surface area contributed by atoms with Crippen molar-refractivity contribution in [3.8, 4) is 5.75 Å². The van der Waals surface area contributed by atoms with Gasteiger partial charge in [-0.25, -0.2) is 0 Å². The molecule has 0 aliphatic heterocycles. The molecule has 1 atom stereocenters. The van der Waals surface area contributed by atoms with Crippen LogP contribution in [0.2, 0.25) is 0 Å². The maximum absolute atomic E-state index is 12.0. The molecule has 0 aliphatic carbocycles. The first-order valence-corrected chi connectivity index (χ1v) is 5.21. The monoisotopic (exact) mass is 274 g/mol. The largest absolute Gasteiger partial charge is 0.481 e. The van der Waals surface area contributed by atoms with Gasteiger partial charge in [-0.05, 0) is 12.1 Å². The molecule has 1 unspecified atom stereocenters. The van der Waals surface area contributed by atoms with Gasteiger partial charge in [-0.3, -0.25) is 9.59 Å². The number of rotatable bonds is 6. The third-order valence-electron chi connectivity index (χ3n) is 2.06. The second-order valence-corrected chi connectivity index (χ2v) is 3.60. The molecule has 0 spiro atoms. The van der Waals surface area contributed by atoms with Crippen molar-refractivity contribution in [3.05, 3.63) is 24.3 Å². The molecule has 4 N–H and O–H groups in total. The molecule has 0 fully saturated rings. The molecule has 0 aliphatic rings. The lowest BCUT2D eigenvalue weighted by molar-refractivity contribution is -0.138. The topological polar surface area (TPSA) is 102 Å². The first-order chi connectivity index (χ1) is 8.88. The van der Waals surface area contributed by atoms with Crippen molar-refractivity contribution in [1.82, 2.24) is 0 Å². The standard InChI is InChI=1S/C11H12F2N2O4/c12-11(13)19-7-3-1-2-6(4-7)15-10(18)8(14)5-9(16)17/h1-4,8,11H,5,14H2,(H,15,18)(H,16,17). The minimum absolute atomic E-state index is 0.125. The van der Waals surface area contributed by atoms with Crippen molar-refractivity contribution in [3.63, 3.8) is 0 Å². The van der Waals surface area contributed by atoms with Gasteiger partial charge in [-0.2, -0.15) is 8.78 Å². The molecule has 0 saturated carbocycles. The van der Waals surface area contributed by atoms with Crippen LogP contribution in [0.3, 0.4) is 0 Å². The smallest absolute Gasteiger partial charge is 0.387 e. The Morgan fingerprint density at radius 1 is 1.42 bits per heavy atom. The summed E-state index contributed by atoms with van der Waals surface area (Å²) in [5.41, 5.74) is 5.52. The van der Waals surface area contributed by atoms with Crippen LogP contribution in [0.25, 0.3) is 0 Å². The lowest BCUT2D eigenvalue weighted by atomic mass is 10.2. The van der Waals surface area contributed by atoms with Gasteiger partial charge in [0.15, 0.2) is 0 Å². The van der Waals surface area contributed by atoms with Crippen LogP contribution in [-0.2, 0) is 9.59 Å². The van der Waals surface area contributed by atoms with Gasteiger partial charge in [0.2, 0.25) is 5.91 Å². The van der Waals surface area contributed by atoms with Gasteiger partial charge in [0.25, 0.3) is 0 Å². The van der Waals surface area contributed by atoms with Crippen LogP contribution >= 0.6 is 0 Å². The number of nitrogens with two attached hydrogens (primary N) is 1. The minimum Gasteiger partial charge on any atom is -0.481 e. The Labute approximate surface area is 107 Å². The van der Waals surface area contributed by atoms with Crippen LogP contribution in [0.4, 0.5) is 14.5 Å². The van der Waals surface area contributed by atoms with E-state index in [0.717, 1.165) is 0 Å². The van der Waals surface area contributed by atoms with Crippen LogP contribution in [0.15, 0.2) is 24.3 Å². The quantitative estimate of drug-likeness (QED) is 0.719. The van der Waals surface area contributed by atoms with E-state index in [1.165, 1.54) is 24.3 Å². The fraction of sp³-hybridized carbons (Fsp3) is 0.273. The fourth-order valence-electron chi connectivity index (χ4n) is 1.27. The molecule has 0 bridgehead atoms. The molecule has 0 saturated heterocycles. The van der Waals surface area contributed by atoms with Gasteiger partial charge in [0.05, 0.1) is 12.5 Å². The predicted octanol–water partition coefficient (Wildman–Crippen LogP) is 1.03. The molecule has 0 heterocycles. The number of carbonyl (C=O) groups excluding carboxylic acids is 1. The Bertz CT molecular complexity index is 468. The summed E-state index contributed by atoms with van der Waals surface area (Å²) in [5, 5.41) is 10.8. The molecule has 104 valence electrons. The van der Waals surface area contributed by atoms with Crippen LogP contribution in [0, 0.1) is 0 Å². The zero-order valence-electron chi connectivity index (χ0n) is 9.68. The number of hydrogen-bond donors (Lipinski definition) is 3. The maximum atomic E-state index is 12.0. The van der Waals surface area contributed by atoms with E-state index in [0.29, 0.717) is 0 Å². The summed E-state index contributed by atoms with van der Waals surface area (Å²) < 4.78 is 28.1. The van der Waals surface area contributed by atoms with Gasteiger partial charge in [-0.15, -0.1) is 0 Å². The van der Waals surface area contributed by atoms with Crippen LogP contribution in [-0.4, -0.2) is 29.6 Å². The number of halogens is 2. The molecule has 8 heteroatoms. The fourth-order valence-corrected chi connectivity index (χ4v) is 1.27. The summed E-state index contributed by atoms with van der Waals surface area (Å²) in [6.45, 7) is -2.97. The highest BCUT2D eigenvalue weighted by atomic mass is 19.3. The molecule has 19 heavy (non-hydrogen) atoms. The van der Waals surface area contributed by atoms with E-state index in [-0.39, 0.29) is 11.4 Å². The molecular weight excluding hydrogens is 262 g/mol. The van der Waals surface area contributed by atoms with E-state index < -0.39 is 31.0 Å². The van der Waals surface area contributed by atoms with Gasteiger partial charge >= 0.3 is 12.6 Å². The zero-order chi connectivity index (χ0) is 14.4. The Hall–Kier alpha value is -2.22. The van der Waals surface area contributed by atoms with E-state index >= 15 is 0 Å². The highest BCUT2D eigenvalue weighted by Crippen LogP contribution is 2.19. The van der Waals surface area contributed by atoms with Crippen molar-refractivity contribution in [1.29, 1.82) is 0 Å². The van der Waals surface area contributed by atoms with E-state index in [9.17, 15) is 18.4 Å². The normalized spacial score (nSPS) is 12.0. The molecule has 0 aromatic heterocycles. The molecular formula is C11H12F2N2O4. The number of anilines is 1. The maximum Gasteiger partial charge on any atom is 0.387 e. The van der Waals surface area contributed by atoms with Crippen molar-refractivity contribution >= 4 is 17.6 Å². The number of nitrogens with one attached hydrogen (secondary N) is 1. The average molecular weight is 274 g/mol. The summed E-state index contributed by atoms with van der Waals surface area (Å²) in [4.78, 5) is 21.9. The molecule has 0 radical (unpaired) electrons. The Morgan fingerprint density at radius 3 is 2.68 bits per heavy atom. The van der Waals surface area contributed by atoms with Gasteiger partial charge in [0, 0.05) is 11.8 Å². The average Bonchev–Trinajstić information content (AvgIpc) is 2.27. The third kappa shape index (κ3) is 5.30. The summed E-state index contributed by atoms with van der Waals surface area (Å²) in [6, 6.07) is 4.08. The highest BCUT2D eigenvalue weighted by Gasteiger charge is 2.17. The number of carbonyl (C=O) groups is 2. The van der Waals surface area contributed by atoms with E-state index in [2.05, 4.69) is 10.1 Å². The first-order valence-electron chi connectivity index (χ1n) is 5.21. The number of alkyl halides is 2. The van der Waals surface area contributed by atoms with Gasteiger partial charge < -0.3 is 20.9 Å². The van der Waals surface area contributed by atoms with E-state index in [1.54, 1.807) is 0 Å². The first kappa shape index (κ1) is 14.8. The molecule has 1 amide bonds. The Kier molecular flexibility index (Phi) is 5.19. The summed E-state index contributed by atoms with van der Waals surface area (Å²) in [7, 11) is 0. The zero-order valence-corrected chi connectivity index (χ0v) is 9.68. The van der Waals surface area contributed by atoms with Crippen LogP contribution in [0.5, 0.6) is 5.75 Å². The van der Waals surface area contributed by atoms with Crippen molar-refractivity contribution in [2.75, 3.05) is 5.32 Å². The second-order valence-electron chi connectivity index (χ2n) is 3.60. The van der Waals surface area contributed by atoms with E-state index in [1.807, 2.05) is 0 Å². The number of carboxylic acids is 1. The summed E-state index contributed by atoms with van der Waals surface area (Å²) in [6.07, 6.45) is -0.529. The number of amides is 1. The van der Waals surface area contributed by atoms with Gasteiger partial charge in [-0.1, -0.05) is 6.07 Å². The number of ether oxygens (including phenoxy) is 1. The number of aliphatic carboxylic acids is 1.